The van der Waals surface area contributed by atoms with Crippen LogP contribution in [-0.4, -0.2) is 54.4 Å². The summed E-state index contributed by atoms with van der Waals surface area (Å²) in [7, 11) is 0. The van der Waals surface area contributed by atoms with Gasteiger partial charge < -0.3 is 14.7 Å². The number of carbonyl (C=O) groups is 2. The van der Waals surface area contributed by atoms with Gasteiger partial charge >= 0.3 is 0 Å². The standard InChI is InChI=1S/C20H21ClN4O2/c21-15-4-6-16(7-5-15)25-10-8-17(20(25)27)19(26)24-13-11-23(12-14-24)18-3-1-2-9-22-18/h1-7,9,17H,8,10-14H2. The molecule has 2 amide bonds. The molecule has 6 nitrogen and oxygen atoms in total. The fourth-order valence-electron chi connectivity index (χ4n) is 3.70. The van der Waals surface area contributed by atoms with Crippen LogP contribution in [0.2, 0.25) is 5.02 Å². The molecule has 1 aromatic heterocycles. The van der Waals surface area contributed by atoms with Gasteiger partial charge in [-0.1, -0.05) is 17.7 Å². The van der Waals surface area contributed by atoms with Crippen LogP contribution in [0.5, 0.6) is 0 Å². The van der Waals surface area contributed by atoms with Gasteiger partial charge in [0.2, 0.25) is 11.8 Å². The van der Waals surface area contributed by atoms with Gasteiger partial charge in [0.25, 0.3) is 0 Å². The molecule has 3 heterocycles. The maximum atomic E-state index is 12.9. The average Bonchev–Trinajstić information content (AvgIpc) is 3.10. The molecule has 7 heteroatoms. The van der Waals surface area contributed by atoms with Crippen LogP contribution in [0.25, 0.3) is 0 Å². The predicted molar refractivity (Wildman–Crippen MR) is 105 cm³/mol. The Morgan fingerprint density at radius 1 is 1.00 bits per heavy atom. The van der Waals surface area contributed by atoms with E-state index in [2.05, 4.69) is 9.88 Å². The number of piperazine rings is 1. The van der Waals surface area contributed by atoms with E-state index in [1.54, 1.807) is 23.2 Å². The molecule has 0 bridgehead atoms. The number of hydrogen-bond donors (Lipinski definition) is 0. The van der Waals surface area contributed by atoms with Crippen molar-refractivity contribution >= 4 is 34.9 Å². The summed E-state index contributed by atoms with van der Waals surface area (Å²) in [5.41, 5.74) is 0.791. The van der Waals surface area contributed by atoms with Crippen LogP contribution in [0.4, 0.5) is 11.5 Å². The molecule has 2 saturated heterocycles. The molecule has 1 aromatic carbocycles. The molecule has 2 aliphatic heterocycles. The van der Waals surface area contributed by atoms with E-state index in [-0.39, 0.29) is 11.8 Å². The van der Waals surface area contributed by atoms with E-state index in [0.29, 0.717) is 31.1 Å². The minimum atomic E-state index is -0.581. The van der Waals surface area contributed by atoms with Crippen molar-refractivity contribution in [3.8, 4) is 0 Å². The normalized spacial score (nSPS) is 20.3. The molecule has 0 radical (unpaired) electrons. The fraction of sp³-hybridized carbons (Fsp3) is 0.350. The highest BCUT2D eigenvalue weighted by Crippen LogP contribution is 2.28. The van der Waals surface area contributed by atoms with Gasteiger partial charge in [-0.05, 0) is 42.8 Å². The first-order valence-electron chi connectivity index (χ1n) is 9.15. The van der Waals surface area contributed by atoms with Crippen molar-refractivity contribution in [3.05, 3.63) is 53.7 Å². The zero-order chi connectivity index (χ0) is 18.8. The van der Waals surface area contributed by atoms with Gasteiger partial charge in [0.1, 0.15) is 11.7 Å². The molecule has 1 unspecified atom stereocenters. The van der Waals surface area contributed by atoms with Crippen LogP contribution in [0.3, 0.4) is 0 Å². The SMILES string of the molecule is O=C(C1CCN(c2ccc(Cl)cc2)C1=O)N1CCN(c2ccccn2)CC1. The van der Waals surface area contributed by atoms with Crippen molar-refractivity contribution in [3.63, 3.8) is 0 Å². The molecular weight excluding hydrogens is 364 g/mol. The first kappa shape index (κ1) is 17.8. The average molecular weight is 385 g/mol. The van der Waals surface area contributed by atoms with E-state index in [1.165, 1.54) is 0 Å². The quantitative estimate of drug-likeness (QED) is 0.763. The minimum absolute atomic E-state index is 0.0582. The number of benzene rings is 1. The Hall–Kier alpha value is -2.60. The van der Waals surface area contributed by atoms with Gasteiger partial charge in [-0.3, -0.25) is 9.59 Å². The monoisotopic (exact) mass is 384 g/mol. The predicted octanol–water partition coefficient (Wildman–Crippen LogP) is 2.44. The highest BCUT2D eigenvalue weighted by Gasteiger charge is 2.40. The second kappa shape index (κ2) is 7.56. The zero-order valence-electron chi connectivity index (χ0n) is 14.9. The molecule has 4 rings (SSSR count). The van der Waals surface area contributed by atoms with Gasteiger partial charge in [-0.25, -0.2) is 4.98 Å². The number of anilines is 2. The van der Waals surface area contributed by atoms with Crippen molar-refractivity contribution in [1.29, 1.82) is 0 Å². The van der Waals surface area contributed by atoms with Gasteiger partial charge in [-0.2, -0.15) is 0 Å². The summed E-state index contributed by atoms with van der Waals surface area (Å²) in [6.07, 6.45) is 2.33. The van der Waals surface area contributed by atoms with E-state index < -0.39 is 5.92 Å². The van der Waals surface area contributed by atoms with Gasteiger partial charge in [0.15, 0.2) is 0 Å². The van der Waals surface area contributed by atoms with Gasteiger partial charge in [0, 0.05) is 49.6 Å². The van der Waals surface area contributed by atoms with Crippen LogP contribution in [0, 0.1) is 5.92 Å². The molecular formula is C20H21ClN4O2. The molecule has 0 spiro atoms. The van der Waals surface area contributed by atoms with Crippen molar-refractivity contribution in [1.82, 2.24) is 9.88 Å². The lowest BCUT2D eigenvalue weighted by atomic mass is 10.1. The number of aromatic nitrogens is 1. The topological polar surface area (TPSA) is 56.8 Å². The molecule has 27 heavy (non-hydrogen) atoms. The van der Waals surface area contributed by atoms with Crippen LogP contribution in [0.15, 0.2) is 48.7 Å². The number of hydrogen-bond acceptors (Lipinski definition) is 4. The van der Waals surface area contributed by atoms with E-state index in [0.717, 1.165) is 24.6 Å². The molecule has 1 atom stereocenters. The molecule has 2 fully saturated rings. The molecule has 0 saturated carbocycles. The second-order valence-corrected chi connectivity index (χ2v) is 7.24. The number of carbonyl (C=O) groups excluding carboxylic acids is 2. The number of halogens is 1. The third-order valence-corrected chi connectivity index (χ3v) is 5.46. The zero-order valence-corrected chi connectivity index (χ0v) is 15.7. The third-order valence-electron chi connectivity index (χ3n) is 5.21. The fourth-order valence-corrected chi connectivity index (χ4v) is 3.83. The molecule has 0 aliphatic carbocycles. The Morgan fingerprint density at radius 2 is 1.74 bits per heavy atom. The second-order valence-electron chi connectivity index (χ2n) is 6.81. The maximum absolute atomic E-state index is 12.9. The number of amides is 2. The van der Waals surface area contributed by atoms with E-state index in [4.69, 9.17) is 11.6 Å². The summed E-state index contributed by atoms with van der Waals surface area (Å²) < 4.78 is 0. The van der Waals surface area contributed by atoms with Gasteiger partial charge in [0.05, 0.1) is 0 Å². The summed E-state index contributed by atoms with van der Waals surface area (Å²) in [5.74, 6) is 0.171. The van der Waals surface area contributed by atoms with Crippen LogP contribution >= 0.6 is 11.6 Å². The lowest BCUT2D eigenvalue weighted by molar-refractivity contribution is -0.140. The summed E-state index contributed by atoms with van der Waals surface area (Å²) >= 11 is 5.92. The Morgan fingerprint density at radius 3 is 2.41 bits per heavy atom. The smallest absolute Gasteiger partial charge is 0.239 e. The van der Waals surface area contributed by atoms with Crippen molar-refractivity contribution in [2.45, 2.75) is 6.42 Å². The lowest BCUT2D eigenvalue weighted by Crippen LogP contribution is -2.51. The number of rotatable bonds is 3. The van der Waals surface area contributed by atoms with E-state index in [9.17, 15) is 9.59 Å². The minimum Gasteiger partial charge on any atom is -0.353 e. The maximum Gasteiger partial charge on any atom is 0.239 e. The molecule has 2 aromatic rings. The Bertz CT molecular complexity index is 820. The van der Waals surface area contributed by atoms with Crippen molar-refractivity contribution in [2.75, 3.05) is 42.5 Å². The number of nitrogens with zero attached hydrogens (tertiary/aromatic N) is 4. The summed E-state index contributed by atoms with van der Waals surface area (Å²) in [4.78, 5) is 35.7. The first-order chi connectivity index (χ1) is 13.1. The van der Waals surface area contributed by atoms with E-state index in [1.807, 2.05) is 35.2 Å². The highest BCUT2D eigenvalue weighted by molar-refractivity contribution is 6.30. The van der Waals surface area contributed by atoms with Crippen LogP contribution < -0.4 is 9.80 Å². The first-order valence-corrected chi connectivity index (χ1v) is 9.53. The van der Waals surface area contributed by atoms with Gasteiger partial charge in [-0.15, -0.1) is 0 Å². The largest absolute Gasteiger partial charge is 0.353 e. The summed E-state index contributed by atoms with van der Waals surface area (Å²) in [6.45, 7) is 3.24. The summed E-state index contributed by atoms with van der Waals surface area (Å²) in [6, 6.07) is 13.0. The number of pyridine rings is 1. The van der Waals surface area contributed by atoms with Crippen LogP contribution in [0.1, 0.15) is 6.42 Å². The third kappa shape index (κ3) is 3.62. The van der Waals surface area contributed by atoms with Crippen LogP contribution in [-0.2, 0) is 9.59 Å². The Labute approximate surface area is 163 Å². The molecule has 0 N–H and O–H groups in total. The Balaban J connectivity index is 1.38. The molecule has 2 aliphatic rings. The van der Waals surface area contributed by atoms with E-state index >= 15 is 0 Å². The Kier molecular flexibility index (Phi) is 4.99. The van der Waals surface area contributed by atoms with Crippen molar-refractivity contribution in [2.24, 2.45) is 5.92 Å². The molecule has 140 valence electrons. The van der Waals surface area contributed by atoms with Crippen molar-refractivity contribution < 1.29 is 9.59 Å². The summed E-state index contributed by atoms with van der Waals surface area (Å²) in [5, 5.41) is 0.629. The lowest BCUT2D eigenvalue weighted by Gasteiger charge is -2.36. The highest BCUT2D eigenvalue weighted by atomic mass is 35.5.